The lowest BCUT2D eigenvalue weighted by atomic mass is 10.00. The maximum absolute atomic E-state index is 13.9. The van der Waals surface area contributed by atoms with E-state index in [1.54, 1.807) is 6.07 Å². The number of hydrogen-bond acceptors (Lipinski definition) is 5. The third kappa shape index (κ3) is 4.48. The minimum absolute atomic E-state index is 0.0423. The van der Waals surface area contributed by atoms with Gasteiger partial charge in [0.25, 0.3) is 5.92 Å². The summed E-state index contributed by atoms with van der Waals surface area (Å²) in [5, 5.41) is 6.82. The van der Waals surface area contributed by atoms with Crippen LogP contribution in [0.2, 0.25) is 0 Å². The number of aromatic nitrogens is 4. The first-order chi connectivity index (χ1) is 16.8. The molecule has 0 aliphatic heterocycles. The molecule has 0 radical (unpaired) electrons. The highest BCUT2D eigenvalue weighted by Gasteiger charge is 2.34. The van der Waals surface area contributed by atoms with Crippen LogP contribution < -0.4 is 0 Å². The molecule has 0 aliphatic rings. The molecule has 0 unspecified atom stereocenters. The standard InChI is InChI=1S/C24H19F5N4O2S/c1-4-23(25,26)16-9-6-14(7-10-16)15-8-11-17(19(12-15)36(34,35)5-2)21-30-18-13-20(24(27,28)29)31-32-22(18)33(21)3/h4,6-13H,1,5H2,2-3H3. The first-order valence-electron chi connectivity index (χ1n) is 10.6. The summed E-state index contributed by atoms with van der Waals surface area (Å²) in [7, 11) is -2.34. The van der Waals surface area contributed by atoms with Crippen LogP contribution in [0.4, 0.5) is 22.0 Å². The Bertz CT molecular complexity index is 1580. The average molecular weight is 522 g/mol. The van der Waals surface area contributed by atoms with Gasteiger partial charge in [0.2, 0.25) is 0 Å². The van der Waals surface area contributed by atoms with E-state index in [0.29, 0.717) is 17.2 Å². The topological polar surface area (TPSA) is 77.7 Å². The van der Waals surface area contributed by atoms with Gasteiger partial charge in [-0.2, -0.15) is 22.0 Å². The lowest BCUT2D eigenvalue weighted by molar-refractivity contribution is -0.141. The van der Waals surface area contributed by atoms with Crippen molar-refractivity contribution < 1.29 is 30.4 Å². The molecule has 0 amide bonds. The zero-order valence-electron chi connectivity index (χ0n) is 19.0. The smallest absolute Gasteiger partial charge is 0.310 e. The van der Waals surface area contributed by atoms with Crippen molar-refractivity contribution in [1.82, 2.24) is 19.7 Å². The molecule has 0 bridgehead atoms. The molecule has 0 aliphatic carbocycles. The second kappa shape index (κ2) is 8.77. The Kier molecular flexibility index (Phi) is 6.19. The SMILES string of the molecule is C=CC(F)(F)c1ccc(-c2ccc(-c3nc4cc(C(F)(F)F)nnc4n3C)c(S(=O)(=O)CC)c2)cc1. The van der Waals surface area contributed by atoms with Gasteiger partial charge in [0.05, 0.1) is 10.6 Å². The number of alkyl halides is 5. The molecular weight excluding hydrogens is 503 g/mol. The first-order valence-corrected chi connectivity index (χ1v) is 12.2. The summed E-state index contributed by atoms with van der Waals surface area (Å²) < 4.78 is 94.3. The normalized spacial score (nSPS) is 12.8. The zero-order chi connectivity index (χ0) is 26.5. The van der Waals surface area contributed by atoms with Gasteiger partial charge < -0.3 is 4.57 Å². The highest BCUT2D eigenvalue weighted by atomic mass is 32.2. The number of imidazole rings is 1. The van der Waals surface area contributed by atoms with Gasteiger partial charge >= 0.3 is 6.18 Å². The van der Waals surface area contributed by atoms with Gasteiger partial charge in [0.1, 0.15) is 11.3 Å². The molecule has 0 fully saturated rings. The van der Waals surface area contributed by atoms with Crippen LogP contribution in [0.3, 0.4) is 0 Å². The van der Waals surface area contributed by atoms with Crippen LogP contribution in [0, 0.1) is 0 Å². The minimum atomic E-state index is -4.72. The second-order valence-corrected chi connectivity index (χ2v) is 10.2. The molecule has 0 spiro atoms. The van der Waals surface area contributed by atoms with E-state index in [4.69, 9.17) is 0 Å². The largest absolute Gasteiger partial charge is 0.435 e. The van der Waals surface area contributed by atoms with Crippen molar-refractivity contribution >= 4 is 21.0 Å². The number of halogens is 5. The summed E-state index contributed by atoms with van der Waals surface area (Å²) in [5.41, 5.74) is -0.455. The molecule has 0 atom stereocenters. The van der Waals surface area contributed by atoms with Gasteiger partial charge in [0, 0.05) is 24.2 Å². The van der Waals surface area contributed by atoms with E-state index in [-0.39, 0.29) is 38.8 Å². The van der Waals surface area contributed by atoms with E-state index in [0.717, 1.165) is 6.07 Å². The Morgan fingerprint density at radius 2 is 1.61 bits per heavy atom. The Morgan fingerprint density at radius 1 is 0.972 bits per heavy atom. The van der Waals surface area contributed by atoms with Gasteiger partial charge in [-0.3, -0.25) is 0 Å². The fourth-order valence-corrected chi connectivity index (χ4v) is 4.78. The molecule has 2 heterocycles. The summed E-state index contributed by atoms with van der Waals surface area (Å²) in [6.45, 7) is 4.58. The van der Waals surface area contributed by atoms with Gasteiger partial charge in [0.15, 0.2) is 21.2 Å². The van der Waals surface area contributed by atoms with E-state index in [2.05, 4.69) is 21.8 Å². The monoisotopic (exact) mass is 522 g/mol. The van der Waals surface area contributed by atoms with Crippen molar-refractivity contribution in [3.63, 3.8) is 0 Å². The molecule has 2 aromatic heterocycles. The Hall–Kier alpha value is -3.67. The van der Waals surface area contributed by atoms with Crippen molar-refractivity contribution in [3.8, 4) is 22.5 Å². The Morgan fingerprint density at radius 3 is 2.19 bits per heavy atom. The third-order valence-corrected chi connectivity index (χ3v) is 7.47. The Balaban J connectivity index is 1.87. The molecule has 12 heteroatoms. The fraction of sp³-hybridized carbons (Fsp3) is 0.208. The Labute approximate surface area is 203 Å². The van der Waals surface area contributed by atoms with Crippen molar-refractivity contribution in [2.24, 2.45) is 7.05 Å². The quantitative estimate of drug-likeness (QED) is 0.237. The van der Waals surface area contributed by atoms with Gasteiger partial charge in [-0.25, -0.2) is 13.4 Å². The molecule has 188 valence electrons. The maximum Gasteiger partial charge on any atom is 0.435 e. The molecular formula is C24H19F5N4O2S. The summed E-state index contributed by atoms with van der Waals surface area (Å²) in [6.07, 6.45) is -4.19. The second-order valence-electron chi connectivity index (χ2n) is 7.95. The van der Waals surface area contributed by atoms with Crippen LogP contribution in [0.5, 0.6) is 0 Å². The molecule has 0 saturated heterocycles. The maximum atomic E-state index is 13.9. The van der Waals surface area contributed by atoms with E-state index < -0.39 is 27.6 Å². The molecule has 6 nitrogen and oxygen atoms in total. The number of rotatable bonds is 6. The first kappa shape index (κ1) is 25.4. The van der Waals surface area contributed by atoms with Crippen LogP contribution >= 0.6 is 0 Å². The highest BCUT2D eigenvalue weighted by Crippen LogP contribution is 2.36. The van der Waals surface area contributed by atoms with Gasteiger partial charge in [-0.1, -0.05) is 43.8 Å². The van der Waals surface area contributed by atoms with Gasteiger partial charge in [-0.15, -0.1) is 10.2 Å². The van der Waals surface area contributed by atoms with Crippen molar-refractivity contribution in [2.45, 2.75) is 23.9 Å². The van der Waals surface area contributed by atoms with E-state index in [1.165, 1.54) is 54.9 Å². The van der Waals surface area contributed by atoms with Crippen LogP contribution in [0.25, 0.3) is 33.7 Å². The number of nitrogens with zero attached hydrogens (tertiary/aromatic N) is 4. The van der Waals surface area contributed by atoms with E-state index >= 15 is 0 Å². The minimum Gasteiger partial charge on any atom is -0.310 e. The number of allylic oxidation sites excluding steroid dienone is 1. The molecule has 2 aromatic carbocycles. The molecule has 0 N–H and O–H groups in total. The van der Waals surface area contributed by atoms with Gasteiger partial charge in [-0.05, 0) is 29.3 Å². The number of fused-ring (bicyclic) bond motifs is 1. The highest BCUT2D eigenvalue weighted by molar-refractivity contribution is 7.91. The van der Waals surface area contributed by atoms with E-state index in [1.807, 2.05) is 0 Å². The number of hydrogen-bond donors (Lipinski definition) is 0. The van der Waals surface area contributed by atoms with Crippen LogP contribution in [-0.4, -0.2) is 33.9 Å². The lowest BCUT2D eigenvalue weighted by Crippen LogP contribution is -2.09. The summed E-state index contributed by atoms with van der Waals surface area (Å²) in [5.74, 6) is -3.39. The number of sulfone groups is 1. The van der Waals surface area contributed by atoms with Crippen LogP contribution in [0.1, 0.15) is 18.2 Å². The van der Waals surface area contributed by atoms with E-state index in [9.17, 15) is 30.4 Å². The van der Waals surface area contributed by atoms with Crippen LogP contribution in [-0.2, 0) is 29.0 Å². The fourth-order valence-electron chi connectivity index (χ4n) is 3.67. The van der Waals surface area contributed by atoms with Crippen molar-refractivity contribution in [3.05, 3.63) is 72.4 Å². The summed E-state index contributed by atoms with van der Waals surface area (Å²) >= 11 is 0. The van der Waals surface area contributed by atoms with Crippen molar-refractivity contribution in [2.75, 3.05) is 5.75 Å². The predicted octanol–water partition coefficient (Wildman–Crippen LogP) is 5.79. The molecule has 4 rings (SSSR count). The zero-order valence-corrected chi connectivity index (χ0v) is 19.8. The van der Waals surface area contributed by atoms with Crippen molar-refractivity contribution in [1.29, 1.82) is 0 Å². The molecule has 36 heavy (non-hydrogen) atoms. The molecule has 4 aromatic rings. The predicted molar refractivity (Wildman–Crippen MR) is 124 cm³/mol. The third-order valence-electron chi connectivity index (χ3n) is 5.70. The average Bonchev–Trinajstić information content (AvgIpc) is 3.18. The lowest BCUT2D eigenvalue weighted by Gasteiger charge is -2.14. The molecule has 0 saturated carbocycles. The van der Waals surface area contributed by atoms with Crippen LogP contribution in [0.15, 0.2) is 66.1 Å². The summed E-state index contributed by atoms with van der Waals surface area (Å²) in [4.78, 5) is 4.11. The number of aryl methyl sites for hydroxylation is 1. The number of benzene rings is 2. The summed E-state index contributed by atoms with van der Waals surface area (Å²) in [6, 6.07) is 10.5.